The molecule has 1 heterocycles. The summed E-state index contributed by atoms with van der Waals surface area (Å²) in [5.41, 5.74) is 4.52. The van der Waals surface area contributed by atoms with E-state index in [2.05, 4.69) is 138 Å². The van der Waals surface area contributed by atoms with Gasteiger partial charge in [0, 0.05) is 39.5 Å². The lowest BCUT2D eigenvalue weighted by Crippen LogP contribution is -1.95. The van der Waals surface area contributed by atoms with Gasteiger partial charge in [-0.15, -0.1) is 0 Å². The zero-order chi connectivity index (χ0) is 27.2. The van der Waals surface area contributed by atoms with Crippen LogP contribution in [0.3, 0.4) is 0 Å². The van der Waals surface area contributed by atoms with Gasteiger partial charge < -0.3 is 4.74 Å². The quantitative estimate of drug-likeness (QED) is 0.214. The summed E-state index contributed by atoms with van der Waals surface area (Å²) in [6.45, 7) is 0. The van der Waals surface area contributed by atoms with Crippen molar-refractivity contribution in [2.45, 2.75) is 0 Å². The maximum Gasteiger partial charge on any atom is 0.143 e. The maximum atomic E-state index is 7.14. The molecule has 8 aromatic rings. The van der Waals surface area contributed by atoms with E-state index in [-0.39, 0.29) is 0 Å². The molecule has 0 amide bonds. The van der Waals surface area contributed by atoms with Gasteiger partial charge in [-0.05, 0) is 56.4 Å². The van der Waals surface area contributed by atoms with E-state index in [4.69, 9.17) is 4.74 Å². The molecule has 1 aromatic heterocycles. The van der Waals surface area contributed by atoms with Crippen LogP contribution in [0.2, 0.25) is 0 Å². The topological polar surface area (TPSA) is 22.1 Å². The van der Waals surface area contributed by atoms with Gasteiger partial charge in [-0.25, -0.2) is 0 Å². The summed E-state index contributed by atoms with van der Waals surface area (Å²) in [7, 11) is 0. The molecule has 8 rings (SSSR count). The molecule has 0 saturated heterocycles. The van der Waals surface area contributed by atoms with Crippen molar-refractivity contribution < 1.29 is 4.74 Å². The molecular formula is C39H25NO. The number of aromatic nitrogens is 1. The Morgan fingerprint density at radius 2 is 1.07 bits per heavy atom. The SMILES string of the molecule is c1ccc(-c2ccc3ccccc3c2Oc2c3ccccc3c(-c3ccc4ccccc4c3)c3cnccc23)cc1. The van der Waals surface area contributed by atoms with E-state index in [1.165, 1.54) is 21.9 Å². The molecule has 0 spiro atoms. The van der Waals surface area contributed by atoms with Gasteiger partial charge in [-0.2, -0.15) is 0 Å². The fourth-order valence-corrected chi connectivity index (χ4v) is 6.05. The second-order valence-electron chi connectivity index (χ2n) is 10.4. The van der Waals surface area contributed by atoms with Gasteiger partial charge in [0.2, 0.25) is 0 Å². The summed E-state index contributed by atoms with van der Waals surface area (Å²) >= 11 is 0. The van der Waals surface area contributed by atoms with E-state index >= 15 is 0 Å². The number of fused-ring (bicyclic) bond motifs is 4. The second kappa shape index (κ2) is 9.62. The van der Waals surface area contributed by atoms with Crippen LogP contribution in [0.5, 0.6) is 11.5 Å². The van der Waals surface area contributed by atoms with Crippen LogP contribution >= 0.6 is 0 Å². The molecule has 2 heteroatoms. The van der Waals surface area contributed by atoms with Gasteiger partial charge in [-0.3, -0.25) is 4.98 Å². The van der Waals surface area contributed by atoms with E-state index in [1.54, 1.807) is 0 Å². The Hall–Kier alpha value is -5.47. The minimum absolute atomic E-state index is 0.844. The lowest BCUT2D eigenvalue weighted by Gasteiger charge is -2.20. The van der Waals surface area contributed by atoms with Gasteiger partial charge in [0.25, 0.3) is 0 Å². The van der Waals surface area contributed by atoms with Gasteiger partial charge in [-0.1, -0.05) is 121 Å². The van der Waals surface area contributed by atoms with Crippen LogP contribution in [0.4, 0.5) is 0 Å². The minimum atomic E-state index is 0.844. The van der Waals surface area contributed by atoms with Crippen LogP contribution in [-0.2, 0) is 0 Å². The molecule has 192 valence electrons. The largest absolute Gasteiger partial charge is 0.455 e. The highest BCUT2D eigenvalue weighted by atomic mass is 16.5. The normalized spacial score (nSPS) is 11.4. The fraction of sp³-hybridized carbons (Fsp3) is 0. The van der Waals surface area contributed by atoms with Gasteiger partial charge in [0.15, 0.2) is 0 Å². The van der Waals surface area contributed by atoms with Crippen molar-refractivity contribution in [3.8, 4) is 33.8 Å². The van der Waals surface area contributed by atoms with E-state index in [9.17, 15) is 0 Å². The molecule has 0 unspecified atom stereocenters. The van der Waals surface area contributed by atoms with Crippen LogP contribution < -0.4 is 4.74 Å². The predicted molar refractivity (Wildman–Crippen MR) is 172 cm³/mol. The van der Waals surface area contributed by atoms with E-state index in [0.29, 0.717) is 0 Å². The smallest absolute Gasteiger partial charge is 0.143 e. The number of benzene rings is 7. The maximum absolute atomic E-state index is 7.14. The molecule has 0 atom stereocenters. The van der Waals surface area contributed by atoms with Crippen molar-refractivity contribution in [2.75, 3.05) is 0 Å². The van der Waals surface area contributed by atoms with Gasteiger partial charge in [0.1, 0.15) is 11.5 Å². The molecule has 41 heavy (non-hydrogen) atoms. The first kappa shape index (κ1) is 23.4. The third-order valence-corrected chi connectivity index (χ3v) is 7.98. The van der Waals surface area contributed by atoms with Crippen LogP contribution in [0.25, 0.3) is 65.3 Å². The monoisotopic (exact) mass is 523 g/mol. The molecule has 2 nitrogen and oxygen atoms in total. The summed E-state index contributed by atoms with van der Waals surface area (Å²) in [5.74, 6) is 1.70. The van der Waals surface area contributed by atoms with Crippen molar-refractivity contribution in [3.63, 3.8) is 0 Å². The van der Waals surface area contributed by atoms with Gasteiger partial charge >= 0.3 is 0 Å². The zero-order valence-electron chi connectivity index (χ0n) is 22.3. The highest BCUT2D eigenvalue weighted by Crippen LogP contribution is 2.47. The van der Waals surface area contributed by atoms with E-state index < -0.39 is 0 Å². The van der Waals surface area contributed by atoms with E-state index in [0.717, 1.165) is 54.9 Å². The molecule has 0 N–H and O–H groups in total. The number of hydrogen-bond acceptors (Lipinski definition) is 2. The summed E-state index contributed by atoms with van der Waals surface area (Å²) in [4.78, 5) is 4.58. The highest BCUT2D eigenvalue weighted by Gasteiger charge is 2.20. The molecule has 7 aromatic carbocycles. The number of ether oxygens (including phenoxy) is 1. The Morgan fingerprint density at radius 3 is 1.93 bits per heavy atom. The van der Waals surface area contributed by atoms with Crippen LogP contribution in [0, 0.1) is 0 Å². The average Bonchev–Trinajstić information content (AvgIpc) is 3.05. The molecule has 0 bridgehead atoms. The van der Waals surface area contributed by atoms with Crippen LogP contribution in [0.1, 0.15) is 0 Å². The summed E-state index contributed by atoms with van der Waals surface area (Å²) in [5, 5.41) is 8.99. The van der Waals surface area contributed by atoms with Crippen molar-refractivity contribution in [3.05, 3.63) is 152 Å². The van der Waals surface area contributed by atoms with Crippen molar-refractivity contribution in [1.29, 1.82) is 0 Å². The van der Waals surface area contributed by atoms with Crippen LogP contribution in [0.15, 0.2) is 152 Å². The molecule has 0 aliphatic rings. The standard InChI is InChI=1S/C39H25NO/c1-2-11-27(12-3-1)32-21-20-28-13-6-7-15-31(28)38(32)41-39-34-17-9-8-16-33(34)37(36-25-40-23-22-35(36)39)30-19-18-26-10-4-5-14-29(26)24-30/h1-25H. The first-order chi connectivity index (χ1) is 20.3. The Balaban J connectivity index is 1.43. The molecular weight excluding hydrogens is 498 g/mol. The predicted octanol–water partition coefficient (Wildman–Crippen LogP) is 10.8. The Kier molecular flexibility index (Phi) is 5.49. The molecule has 0 radical (unpaired) electrons. The minimum Gasteiger partial charge on any atom is -0.455 e. The third-order valence-electron chi connectivity index (χ3n) is 7.98. The lowest BCUT2D eigenvalue weighted by atomic mass is 9.91. The van der Waals surface area contributed by atoms with Crippen LogP contribution in [-0.4, -0.2) is 4.98 Å². The van der Waals surface area contributed by atoms with Crippen molar-refractivity contribution in [2.24, 2.45) is 0 Å². The summed E-state index contributed by atoms with van der Waals surface area (Å²) in [6, 6.07) is 49.1. The number of nitrogens with zero attached hydrogens (tertiary/aromatic N) is 1. The number of pyridine rings is 1. The first-order valence-corrected chi connectivity index (χ1v) is 13.9. The van der Waals surface area contributed by atoms with Crippen molar-refractivity contribution >= 4 is 43.1 Å². The highest BCUT2D eigenvalue weighted by molar-refractivity contribution is 6.17. The summed E-state index contributed by atoms with van der Waals surface area (Å²) in [6.07, 6.45) is 3.83. The molecule has 0 aliphatic carbocycles. The average molecular weight is 524 g/mol. The Morgan fingerprint density at radius 1 is 0.415 bits per heavy atom. The van der Waals surface area contributed by atoms with Gasteiger partial charge in [0.05, 0.1) is 0 Å². The Labute approximate surface area is 238 Å². The zero-order valence-corrected chi connectivity index (χ0v) is 22.3. The second-order valence-corrected chi connectivity index (χ2v) is 10.4. The summed E-state index contributed by atoms with van der Waals surface area (Å²) < 4.78 is 7.14. The van der Waals surface area contributed by atoms with Crippen molar-refractivity contribution in [1.82, 2.24) is 4.98 Å². The molecule has 0 saturated carbocycles. The molecule has 0 fully saturated rings. The first-order valence-electron chi connectivity index (χ1n) is 13.9. The third kappa shape index (κ3) is 3.92. The lowest BCUT2D eigenvalue weighted by molar-refractivity contribution is 0.501. The Bertz CT molecular complexity index is 2180. The number of rotatable bonds is 4. The number of hydrogen-bond donors (Lipinski definition) is 0. The molecule has 0 aliphatic heterocycles. The van der Waals surface area contributed by atoms with E-state index in [1.807, 2.05) is 18.5 Å². The fourth-order valence-electron chi connectivity index (χ4n) is 6.05.